The topological polar surface area (TPSA) is 32.3 Å². The van der Waals surface area contributed by atoms with E-state index in [1.807, 2.05) is 25.1 Å². The number of nitrogens with one attached hydrogen (secondary N) is 1. The molecular formula is C14H12Br2FNO. The van der Waals surface area contributed by atoms with Crippen LogP contribution in [0.5, 0.6) is 5.75 Å². The maximum Gasteiger partial charge on any atom is 0.132 e. The molecule has 0 saturated heterocycles. The van der Waals surface area contributed by atoms with Crippen molar-refractivity contribution in [3.05, 3.63) is 56.7 Å². The first-order valence-electron chi connectivity index (χ1n) is 5.67. The van der Waals surface area contributed by atoms with Crippen LogP contribution >= 0.6 is 31.9 Å². The monoisotopic (exact) mass is 387 g/mol. The molecule has 0 aromatic heterocycles. The zero-order chi connectivity index (χ0) is 14.0. The van der Waals surface area contributed by atoms with Gasteiger partial charge in [0, 0.05) is 20.6 Å². The number of hydrogen-bond donors (Lipinski definition) is 2. The maximum atomic E-state index is 13.8. The van der Waals surface area contributed by atoms with E-state index in [2.05, 4.69) is 37.2 Å². The summed E-state index contributed by atoms with van der Waals surface area (Å²) < 4.78 is 15.6. The van der Waals surface area contributed by atoms with E-state index in [1.165, 1.54) is 6.07 Å². The highest BCUT2D eigenvalue weighted by Crippen LogP contribution is 2.30. The first kappa shape index (κ1) is 14.3. The van der Waals surface area contributed by atoms with Crippen molar-refractivity contribution in [3.8, 4) is 5.75 Å². The Morgan fingerprint density at radius 3 is 2.58 bits per heavy atom. The smallest absolute Gasteiger partial charge is 0.132 e. The summed E-state index contributed by atoms with van der Waals surface area (Å²) in [5.74, 6) is -0.497. The zero-order valence-electron chi connectivity index (χ0n) is 10.1. The van der Waals surface area contributed by atoms with Crippen LogP contribution in [0.2, 0.25) is 0 Å². The number of halogens is 3. The fraction of sp³-hybridized carbons (Fsp3) is 0.143. The fourth-order valence-electron chi connectivity index (χ4n) is 1.79. The molecule has 2 N–H and O–H groups in total. The first-order chi connectivity index (χ1) is 8.97. The van der Waals surface area contributed by atoms with Crippen LogP contribution in [-0.4, -0.2) is 5.11 Å². The second-order valence-electron chi connectivity index (χ2n) is 4.20. The summed E-state index contributed by atoms with van der Waals surface area (Å²) in [7, 11) is 0. The predicted octanol–water partition coefficient (Wildman–Crippen LogP) is 5.23. The number of aromatic hydroxyl groups is 1. The van der Waals surface area contributed by atoms with Gasteiger partial charge in [0.15, 0.2) is 0 Å². The van der Waals surface area contributed by atoms with Gasteiger partial charge in [0.25, 0.3) is 0 Å². The molecule has 0 aliphatic rings. The standard InChI is InChI=1S/C14H12Br2FNO/c1-8(11-4-3-10(19)7-13(11)17)18-14-6-9(15)2-5-12(14)16/h2-8,18-19H,1H3. The summed E-state index contributed by atoms with van der Waals surface area (Å²) in [6, 6.07) is 9.70. The molecule has 0 saturated carbocycles. The van der Waals surface area contributed by atoms with Crippen molar-refractivity contribution in [2.24, 2.45) is 0 Å². The second-order valence-corrected chi connectivity index (χ2v) is 5.97. The molecule has 2 aromatic carbocycles. The van der Waals surface area contributed by atoms with Crippen LogP contribution in [0.25, 0.3) is 0 Å². The van der Waals surface area contributed by atoms with Crippen LogP contribution in [0.3, 0.4) is 0 Å². The number of rotatable bonds is 3. The number of anilines is 1. The van der Waals surface area contributed by atoms with E-state index in [9.17, 15) is 9.50 Å². The SMILES string of the molecule is CC(Nc1cc(Br)ccc1Br)c1ccc(O)cc1F. The molecule has 0 aliphatic heterocycles. The van der Waals surface area contributed by atoms with Gasteiger partial charge >= 0.3 is 0 Å². The minimum absolute atomic E-state index is 0.0721. The van der Waals surface area contributed by atoms with Gasteiger partial charge in [-0.05, 0) is 47.1 Å². The molecule has 100 valence electrons. The van der Waals surface area contributed by atoms with Crippen LogP contribution in [0.15, 0.2) is 45.3 Å². The average molecular weight is 389 g/mol. The highest BCUT2D eigenvalue weighted by Gasteiger charge is 2.12. The summed E-state index contributed by atoms with van der Waals surface area (Å²) in [6.45, 7) is 1.86. The number of hydrogen-bond acceptors (Lipinski definition) is 2. The Hall–Kier alpha value is -1.07. The number of phenolic OH excluding ortho intramolecular Hbond substituents is 1. The summed E-state index contributed by atoms with van der Waals surface area (Å²) in [6.07, 6.45) is 0. The van der Waals surface area contributed by atoms with Crippen LogP contribution in [0, 0.1) is 5.82 Å². The average Bonchev–Trinajstić information content (AvgIpc) is 2.33. The molecule has 1 atom stereocenters. The Balaban J connectivity index is 2.25. The Morgan fingerprint density at radius 1 is 1.16 bits per heavy atom. The van der Waals surface area contributed by atoms with Crippen molar-refractivity contribution >= 4 is 37.5 Å². The molecule has 5 heteroatoms. The lowest BCUT2D eigenvalue weighted by molar-refractivity contribution is 0.467. The van der Waals surface area contributed by atoms with Crippen LogP contribution in [0.1, 0.15) is 18.5 Å². The molecule has 0 fully saturated rings. The van der Waals surface area contributed by atoms with E-state index < -0.39 is 5.82 Å². The van der Waals surface area contributed by atoms with Crippen molar-refractivity contribution in [1.29, 1.82) is 0 Å². The number of phenols is 1. The second kappa shape index (κ2) is 5.92. The molecule has 1 unspecified atom stereocenters. The lowest BCUT2D eigenvalue weighted by Gasteiger charge is -2.18. The van der Waals surface area contributed by atoms with Gasteiger partial charge in [-0.25, -0.2) is 4.39 Å². The van der Waals surface area contributed by atoms with Crippen molar-refractivity contribution in [1.82, 2.24) is 0 Å². The summed E-state index contributed by atoms with van der Waals surface area (Å²) in [5, 5.41) is 12.4. The molecular weight excluding hydrogens is 377 g/mol. The molecule has 2 aromatic rings. The van der Waals surface area contributed by atoms with Gasteiger partial charge < -0.3 is 10.4 Å². The normalized spacial score (nSPS) is 12.2. The third kappa shape index (κ3) is 3.48. The van der Waals surface area contributed by atoms with Gasteiger partial charge in [-0.15, -0.1) is 0 Å². The molecule has 2 nitrogen and oxygen atoms in total. The van der Waals surface area contributed by atoms with Gasteiger partial charge in [-0.3, -0.25) is 0 Å². The Kier molecular flexibility index (Phi) is 4.47. The van der Waals surface area contributed by atoms with Crippen molar-refractivity contribution in [2.45, 2.75) is 13.0 Å². The lowest BCUT2D eigenvalue weighted by Crippen LogP contribution is -2.09. The minimum atomic E-state index is -0.425. The molecule has 0 heterocycles. The third-order valence-corrected chi connectivity index (χ3v) is 3.94. The highest BCUT2D eigenvalue weighted by atomic mass is 79.9. The van der Waals surface area contributed by atoms with Crippen LogP contribution in [-0.2, 0) is 0 Å². The third-order valence-electron chi connectivity index (χ3n) is 2.75. The molecule has 0 spiro atoms. The first-order valence-corrected chi connectivity index (χ1v) is 7.26. The van der Waals surface area contributed by atoms with E-state index in [0.29, 0.717) is 5.56 Å². The summed E-state index contributed by atoms with van der Waals surface area (Å²) >= 11 is 6.84. The molecule has 0 aliphatic carbocycles. The molecule has 2 rings (SSSR count). The largest absolute Gasteiger partial charge is 0.508 e. The fourth-order valence-corrected chi connectivity index (χ4v) is 2.51. The van der Waals surface area contributed by atoms with E-state index in [0.717, 1.165) is 20.7 Å². The number of benzene rings is 2. The Morgan fingerprint density at radius 2 is 1.89 bits per heavy atom. The van der Waals surface area contributed by atoms with Crippen LogP contribution < -0.4 is 5.32 Å². The van der Waals surface area contributed by atoms with Crippen LogP contribution in [0.4, 0.5) is 10.1 Å². The predicted molar refractivity (Wildman–Crippen MR) is 81.9 cm³/mol. The van der Waals surface area contributed by atoms with Crippen molar-refractivity contribution in [2.75, 3.05) is 5.32 Å². The minimum Gasteiger partial charge on any atom is -0.508 e. The van der Waals surface area contributed by atoms with E-state index in [-0.39, 0.29) is 11.8 Å². The molecule has 19 heavy (non-hydrogen) atoms. The molecule has 0 amide bonds. The van der Waals surface area contributed by atoms with E-state index in [4.69, 9.17) is 0 Å². The Labute approximate surface area is 127 Å². The Bertz CT molecular complexity index is 604. The van der Waals surface area contributed by atoms with E-state index >= 15 is 0 Å². The zero-order valence-corrected chi connectivity index (χ0v) is 13.3. The van der Waals surface area contributed by atoms with E-state index in [1.54, 1.807) is 6.07 Å². The molecule has 0 bridgehead atoms. The summed E-state index contributed by atoms with van der Waals surface area (Å²) in [5.41, 5.74) is 1.37. The van der Waals surface area contributed by atoms with Gasteiger partial charge in [-0.1, -0.05) is 22.0 Å². The highest BCUT2D eigenvalue weighted by molar-refractivity contribution is 9.11. The van der Waals surface area contributed by atoms with Gasteiger partial charge in [0.1, 0.15) is 11.6 Å². The van der Waals surface area contributed by atoms with Gasteiger partial charge in [0.2, 0.25) is 0 Å². The lowest BCUT2D eigenvalue weighted by atomic mass is 10.1. The maximum absolute atomic E-state index is 13.8. The quantitative estimate of drug-likeness (QED) is 0.754. The van der Waals surface area contributed by atoms with Crippen molar-refractivity contribution < 1.29 is 9.50 Å². The summed E-state index contributed by atoms with van der Waals surface area (Å²) in [4.78, 5) is 0. The molecule has 0 radical (unpaired) electrons. The van der Waals surface area contributed by atoms with Gasteiger partial charge in [-0.2, -0.15) is 0 Å². The van der Waals surface area contributed by atoms with Crippen molar-refractivity contribution in [3.63, 3.8) is 0 Å². The van der Waals surface area contributed by atoms with Gasteiger partial charge in [0.05, 0.1) is 11.7 Å².